The molecular formula is C15H18BrNO2. The van der Waals surface area contributed by atoms with Gasteiger partial charge in [-0.05, 0) is 49.9 Å². The van der Waals surface area contributed by atoms with Crippen LogP contribution in [-0.2, 0) is 4.74 Å². The number of amides is 1. The van der Waals surface area contributed by atoms with Crippen molar-refractivity contribution in [3.63, 3.8) is 0 Å². The lowest BCUT2D eigenvalue weighted by molar-refractivity contribution is -0.0445. The van der Waals surface area contributed by atoms with Gasteiger partial charge in [-0.2, -0.15) is 0 Å². The number of nitrogens with zero attached hydrogens (tertiary/aromatic N) is 1. The third kappa shape index (κ3) is 2.43. The number of hydrogen-bond donors (Lipinski definition) is 0. The van der Waals surface area contributed by atoms with E-state index in [0.717, 1.165) is 35.0 Å². The van der Waals surface area contributed by atoms with Gasteiger partial charge in [-0.3, -0.25) is 4.79 Å². The predicted molar refractivity (Wildman–Crippen MR) is 77.3 cm³/mol. The van der Waals surface area contributed by atoms with Crippen molar-refractivity contribution < 1.29 is 9.53 Å². The maximum absolute atomic E-state index is 12.7. The molecule has 19 heavy (non-hydrogen) atoms. The number of carbonyl (C=O) groups is 1. The van der Waals surface area contributed by atoms with Crippen molar-refractivity contribution in [1.82, 2.24) is 4.90 Å². The highest BCUT2D eigenvalue weighted by Gasteiger charge is 2.38. The lowest BCUT2D eigenvalue weighted by Gasteiger charge is -2.37. The number of aryl methyl sites for hydroxylation is 1. The molecule has 4 heteroatoms. The minimum Gasteiger partial charge on any atom is -0.374 e. The number of halogens is 1. The molecule has 3 rings (SSSR count). The number of morpholine rings is 1. The lowest BCUT2D eigenvalue weighted by atomic mass is 10.1. The molecule has 2 fully saturated rings. The van der Waals surface area contributed by atoms with Crippen LogP contribution in [0.25, 0.3) is 0 Å². The number of ether oxygens (including phenoxy) is 1. The molecule has 0 spiro atoms. The predicted octanol–water partition coefficient (Wildman–Crippen LogP) is 3.15. The van der Waals surface area contributed by atoms with Gasteiger partial charge in [-0.15, -0.1) is 0 Å². The highest BCUT2D eigenvalue weighted by molar-refractivity contribution is 9.10. The van der Waals surface area contributed by atoms with Crippen molar-refractivity contribution in [3.05, 3.63) is 33.8 Å². The van der Waals surface area contributed by atoms with Gasteiger partial charge in [0.1, 0.15) is 0 Å². The molecule has 0 bridgehead atoms. The number of benzene rings is 1. The van der Waals surface area contributed by atoms with Crippen molar-refractivity contribution in [2.45, 2.75) is 38.3 Å². The molecule has 0 N–H and O–H groups in total. The molecule has 1 aromatic rings. The molecule has 1 aromatic carbocycles. The summed E-state index contributed by atoms with van der Waals surface area (Å²) in [6, 6.07) is 6.10. The second kappa shape index (κ2) is 5.25. The monoisotopic (exact) mass is 323 g/mol. The standard InChI is InChI=1S/C15H18BrNO2/c1-10-9-11(5-6-12(10)16)15(18)17-7-8-19-14-4-2-3-13(14)17/h5-6,9,13-14H,2-4,7-8H2,1H3. The van der Waals surface area contributed by atoms with E-state index in [1.165, 1.54) is 6.42 Å². The van der Waals surface area contributed by atoms with Crippen molar-refractivity contribution in [2.75, 3.05) is 13.2 Å². The van der Waals surface area contributed by atoms with E-state index in [4.69, 9.17) is 4.74 Å². The van der Waals surface area contributed by atoms with E-state index in [9.17, 15) is 4.79 Å². The fourth-order valence-corrected chi connectivity index (χ4v) is 3.37. The van der Waals surface area contributed by atoms with Crippen LogP contribution < -0.4 is 0 Å². The summed E-state index contributed by atoms with van der Waals surface area (Å²) < 4.78 is 6.81. The summed E-state index contributed by atoms with van der Waals surface area (Å²) in [5.41, 5.74) is 1.88. The minimum atomic E-state index is 0.149. The van der Waals surface area contributed by atoms with Crippen molar-refractivity contribution in [2.24, 2.45) is 0 Å². The SMILES string of the molecule is Cc1cc(C(=O)N2CCOC3CCCC32)ccc1Br. The highest BCUT2D eigenvalue weighted by Crippen LogP contribution is 2.31. The molecule has 2 aliphatic rings. The molecule has 2 atom stereocenters. The highest BCUT2D eigenvalue weighted by atomic mass is 79.9. The van der Waals surface area contributed by atoms with Gasteiger partial charge >= 0.3 is 0 Å². The Labute approximate surface area is 122 Å². The molecule has 2 unspecified atom stereocenters. The van der Waals surface area contributed by atoms with Crippen molar-refractivity contribution in [1.29, 1.82) is 0 Å². The smallest absolute Gasteiger partial charge is 0.254 e. The van der Waals surface area contributed by atoms with Gasteiger partial charge in [0.2, 0.25) is 0 Å². The number of carbonyl (C=O) groups excluding carboxylic acids is 1. The first-order valence-corrected chi connectivity index (χ1v) is 7.65. The summed E-state index contributed by atoms with van der Waals surface area (Å²) in [6.07, 6.45) is 3.59. The Hall–Kier alpha value is -0.870. The van der Waals surface area contributed by atoms with Crippen molar-refractivity contribution >= 4 is 21.8 Å². The fourth-order valence-electron chi connectivity index (χ4n) is 3.12. The van der Waals surface area contributed by atoms with Crippen LogP contribution in [0.3, 0.4) is 0 Å². The summed E-state index contributed by atoms with van der Waals surface area (Å²) in [7, 11) is 0. The maximum Gasteiger partial charge on any atom is 0.254 e. The molecule has 102 valence electrons. The molecule has 1 heterocycles. The van der Waals surface area contributed by atoms with Gasteiger partial charge in [0, 0.05) is 16.6 Å². The summed E-state index contributed by atoms with van der Waals surface area (Å²) in [5.74, 6) is 0.149. The van der Waals surface area contributed by atoms with Gasteiger partial charge in [0.05, 0.1) is 18.8 Å². The first-order valence-electron chi connectivity index (χ1n) is 6.85. The Morgan fingerprint density at radius 2 is 2.26 bits per heavy atom. The summed E-state index contributed by atoms with van der Waals surface area (Å²) >= 11 is 3.47. The van der Waals surface area contributed by atoms with Crippen LogP contribution in [0, 0.1) is 6.92 Å². The molecule has 1 saturated heterocycles. The lowest BCUT2D eigenvalue weighted by Crippen LogP contribution is -2.51. The van der Waals surface area contributed by atoms with Crippen LogP contribution in [-0.4, -0.2) is 36.1 Å². The Morgan fingerprint density at radius 3 is 3.05 bits per heavy atom. The van der Waals surface area contributed by atoms with Gasteiger partial charge in [0.15, 0.2) is 0 Å². The largest absolute Gasteiger partial charge is 0.374 e. The van der Waals surface area contributed by atoms with Crippen molar-refractivity contribution in [3.8, 4) is 0 Å². The quantitative estimate of drug-likeness (QED) is 0.794. The third-order valence-corrected chi connectivity index (χ3v) is 5.04. The zero-order valence-corrected chi connectivity index (χ0v) is 12.6. The van der Waals surface area contributed by atoms with Crippen LogP contribution in [0.2, 0.25) is 0 Å². The van der Waals surface area contributed by atoms with E-state index in [0.29, 0.717) is 6.61 Å². The Morgan fingerprint density at radius 1 is 1.42 bits per heavy atom. The van der Waals surface area contributed by atoms with E-state index in [1.54, 1.807) is 0 Å². The molecule has 1 saturated carbocycles. The van der Waals surface area contributed by atoms with E-state index < -0.39 is 0 Å². The fraction of sp³-hybridized carbons (Fsp3) is 0.533. The van der Waals surface area contributed by atoms with Gasteiger partial charge in [0.25, 0.3) is 5.91 Å². The molecule has 0 radical (unpaired) electrons. The molecule has 1 aliphatic heterocycles. The summed E-state index contributed by atoms with van der Waals surface area (Å²) in [5, 5.41) is 0. The number of fused-ring (bicyclic) bond motifs is 1. The molecule has 0 aromatic heterocycles. The Kier molecular flexibility index (Phi) is 3.63. The van der Waals surface area contributed by atoms with E-state index >= 15 is 0 Å². The average molecular weight is 324 g/mol. The van der Waals surface area contributed by atoms with Gasteiger partial charge in [-0.25, -0.2) is 0 Å². The summed E-state index contributed by atoms with van der Waals surface area (Å²) in [4.78, 5) is 14.7. The van der Waals surface area contributed by atoms with E-state index in [-0.39, 0.29) is 18.1 Å². The van der Waals surface area contributed by atoms with E-state index in [2.05, 4.69) is 15.9 Å². The zero-order valence-electron chi connectivity index (χ0n) is 11.1. The first-order chi connectivity index (χ1) is 9.16. The topological polar surface area (TPSA) is 29.5 Å². The van der Waals surface area contributed by atoms with Crippen LogP contribution in [0.15, 0.2) is 22.7 Å². The first kappa shape index (κ1) is 13.1. The van der Waals surface area contributed by atoms with Crippen LogP contribution >= 0.6 is 15.9 Å². The molecule has 3 nitrogen and oxygen atoms in total. The van der Waals surface area contributed by atoms with Crippen LogP contribution in [0.5, 0.6) is 0 Å². The average Bonchev–Trinajstić information content (AvgIpc) is 2.89. The van der Waals surface area contributed by atoms with Crippen LogP contribution in [0.1, 0.15) is 35.2 Å². The second-order valence-electron chi connectivity index (χ2n) is 5.37. The summed E-state index contributed by atoms with van der Waals surface area (Å²) in [6.45, 7) is 3.40. The second-order valence-corrected chi connectivity index (χ2v) is 6.22. The molecule has 1 amide bonds. The van der Waals surface area contributed by atoms with Gasteiger partial charge in [-0.1, -0.05) is 15.9 Å². The normalized spacial score (nSPS) is 26.3. The molecule has 1 aliphatic carbocycles. The zero-order chi connectivity index (χ0) is 13.4. The van der Waals surface area contributed by atoms with Crippen LogP contribution in [0.4, 0.5) is 0 Å². The van der Waals surface area contributed by atoms with E-state index in [1.807, 2.05) is 30.0 Å². The van der Waals surface area contributed by atoms with Gasteiger partial charge < -0.3 is 9.64 Å². The Bertz CT molecular complexity index is 503. The Balaban J connectivity index is 1.84. The number of rotatable bonds is 1. The molecular weight excluding hydrogens is 306 g/mol. The minimum absolute atomic E-state index is 0.149. The third-order valence-electron chi connectivity index (χ3n) is 4.15. The number of hydrogen-bond acceptors (Lipinski definition) is 2. The maximum atomic E-state index is 12.7.